The van der Waals surface area contributed by atoms with Crippen LogP contribution in [0.1, 0.15) is 26.7 Å². The van der Waals surface area contributed by atoms with Crippen molar-refractivity contribution in [2.24, 2.45) is 0 Å². The largest absolute Gasteiger partial charge is 0.388 e. The highest BCUT2D eigenvalue weighted by Gasteiger charge is 2.55. The molecule has 4 N–H and O–H groups in total. The highest BCUT2D eigenvalue weighted by molar-refractivity contribution is 8.09. The summed E-state index contributed by atoms with van der Waals surface area (Å²) in [4.78, 5) is 9.37. The lowest BCUT2D eigenvalue weighted by Gasteiger charge is -2.32. The molecule has 1 aromatic carbocycles. The number of hydrogen-bond donors (Lipinski definition) is 4. The second-order valence-corrected chi connectivity index (χ2v) is 11.1. The van der Waals surface area contributed by atoms with Gasteiger partial charge in [0.2, 0.25) is 0 Å². The van der Waals surface area contributed by atoms with Gasteiger partial charge in [0, 0.05) is 25.8 Å². The number of methoxy groups -OCH3 is 1. The highest BCUT2D eigenvalue weighted by Crippen LogP contribution is 2.51. The smallest absolute Gasteiger partial charge is 0.294 e. The molecule has 1 saturated carbocycles. The second kappa shape index (κ2) is 13.9. The normalized spacial score (nSPS) is 17.5. The maximum Gasteiger partial charge on any atom is 0.294 e. The van der Waals surface area contributed by atoms with E-state index in [0.717, 1.165) is 28.9 Å². The van der Waals surface area contributed by atoms with Crippen molar-refractivity contribution >= 4 is 65.3 Å². The first-order chi connectivity index (χ1) is 13.9. The molecule has 1 aliphatic rings. The fourth-order valence-corrected chi connectivity index (χ4v) is 4.56. The first kappa shape index (κ1) is 29.7. The van der Waals surface area contributed by atoms with Crippen LogP contribution in [0.2, 0.25) is 5.02 Å². The summed E-state index contributed by atoms with van der Waals surface area (Å²) in [5, 5.41) is 21.2. The van der Waals surface area contributed by atoms with Crippen molar-refractivity contribution in [3.05, 3.63) is 35.4 Å². The zero-order valence-corrected chi connectivity index (χ0v) is 21.5. The second-order valence-electron chi connectivity index (χ2n) is 6.48. The molecule has 0 radical (unpaired) electrons. The topological polar surface area (TPSA) is 98.0 Å². The maximum atomic E-state index is 10.3. The number of benzene rings is 1. The van der Waals surface area contributed by atoms with Crippen molar-refractivity contribution < 1.29 is 19.3 Å². The molecule has 7 nitrogen and oxygen atoms in total. The fraction of sp³-hybridized carbons (Fsp3) is 0.556. The van der Waals surface area contributed by atoms with E-state index in [1.54, 1.807) is 28.1 Å². The Bertz CT molecular complexity index is 710. The third-order valence-electron chi connectivity index (χ3n) is 3.87. The summed E-state index contributed by atoms with van der Waals surface area (Å²) >= 11 is 21.7. The van der Waals surface area contributed by atoms with Crippen LogP contribution in [0.25, 0.3) is 0 Å². The molecule has 0 bridgehead atoms. The summed E-state index contributed by atoms with van der Waals surface area (Å²) in [7, 11) is 3.25. The van der Waals surface area contributed by atoms with E-state index in [9.17, 15) is 10.00 Å². The lowest BCUT2D eigenvalue weighted by atomic mass is 10.0. The molecule has 1 aliphatic carbocycles. The number of rotatable bonds is 7. The Labute approximate surface area is 199 Å². The van der Waals surface area contributed by atoms with Gasteiger partial charge in [0.1, 0.15) is 0 Å². The number of nitrogens with one attached hydrogen (secondary N) is 2. The lowest BCUT2D eigenvalue weighted by Crippen LogP contribution is -2.50. The number of hydrogen-bond acceptors (Lipinski definition) is 6. The van der Waals surface area contributed by atoms with Crippen molar-refractivity contribution in [1.82, 2.24) is 9.99 Å². The molecule has 0 aromatic heterocycles. The Morgan fingerprint density at radius 1 is 1.40 bits per heavy atom. The molecule has 0 heterocycles. The van der Waals surface area contributed by atoms with E-state index in [0.29, 0.717) is 0 Å². The molecule has 2 atom stereocenters. The summed E-state index contributed by atoms with van der Waals surface area (Å²) in [5.41, 5.74) is -1.14. The number of nitrogens with zero attached hydrogens (tertiary/aromatic N) is 1. The van der Waals surface area contributed by atoms with E-state index in [1.165, 1.54) is 0 Å². The highest BCUT2D eigenvalue weighted by atomic mass is 35.5. The zero-order valence-electron chi connectivity index (χ0n) is 17.5. The van der Waals surface area contributed by atoms with Crippen LogP contribution in [0.4, 0.5) is 0 Å². The third-order valence-corrected chi connectivity index (χ3v) is 7.68. The van der Waals surface area contributed by atoms with Crippen molar-refractivity contribution in [3.8, 4) is 0 Å². The molecule has 0 saturated heterocycles. The fourth-order valence-electron chi connectivity index (χ4n) is 2.03. The minimum Gasteiger partial charge on any atom is -0.388 e. The van der Waals surface area contributed by atoms with E-state index >= 15 is 0 Å². The van der Waals surface area contributed by atoms with Crippen LogP contribution in [0.15, 0.2) is 30.3 Å². The SMILES string of the molecule is CCOP(O)(=S)N(C=N)C(=S)NCC(C)(O)C1(Cl)CC1.COC.Clc1ccccc1. The lowest BCUT2D eigenvalue weighted by molar-refractivity contribution is 0.0517. The molecule has 0 amide bonds. The maximum absolute atomic E-state index is 10.3. The Hall–Kier alpha value is -0.350. The molecule has 1 aromatic rings. The molecule has 0 spiro atoms. The number of thiocarbonyl (C=S) groups is 1. The van der Waals surface area contributed by atoms with Crippen LogP contribution < -0.4 is 5.32 Å². The van der Waals surface area contributed by atoms with Crippen molar-refractivity contribution in [3.63, 3.8) is 0 Å². The molecule has 30 heavy (non-hydrogen) atoms. The van der Waals surface area contributed by atoms with Crippen LogP contribution in [-0.2, 0) is 21.1 Å². The van der Waals surface area contributed by atoms with Gasteiger partial charge in [-0.3, -0.25) is 5.41 Å². The van der Waals surface area contributed by atoms with Crippen LogP contribution in [0.5, 0.6) is 0 Å². The molecule has 2 rings (SSSR count). The number of alkyl halides is 1. The standard InChI is InChI=1S/C10H19ClN3O3PS2.C6H5Cl.C2H6O/c1-3-17-18(16,20)14(7-12)8(19)13-6-9(2,15)10(11)4-5-10;7-6-4-2-1-3-5-6;1-3-2/h7,12,15H,3-6H2,1-2H3,(H,13,19)(H,16,20);1-5H;1-2H3. The Kier molecular flexibility index (Phi) is 13.8. The number of aliphatic hydroxyl groups is 1. The van der Waals surface area contributed by atoms with Crippen molar-refractivity contribution in [1.29, 1.82) is 5.41 Å². The van der Waals surface area contributed by atoms with Gasteiger partial charge in [-0.25, -0.2) is 4.67 Å². The van der Waals surface area contributed by atoms with E-state index < -0.39 is 17.1 Å². The van der Waals surface area contributed by atoms with Gasteiger partial charge in [0.05, 0.1) is 23.4 Å². The molecule has 12 heteroatoms. The van der Waals surface area contributed by atoms with Crippen LogP contribution in [0, 0.1) is 5.41 Å². The van der Waals surface area contributed by atoms with Gasteiger partial charge >= 0.3 is 0 Å². The summed E-state index contributed by atoms with van der Waals surface area (Å²) in [6.45, 7) is 0.255. The zero-order chi connectivity index (χ0) is 23.4. The Morgan fingerprint density at radius 2 is 1.90 bits per heavy atom. The van der Waals surface area contributed by atoms with E-state index in [1.807, 2.05) is 30.3 Å². The predicted octanol–water partition coefficient (Wildman–Crippen LogP) is 4.15. The third kappa shape index (κ3) is 10.3. The number of halogens is 2. The summed E-state index contributed by atoms with van der Waals surface area (Å²) < 4.78 is 10.3. The van der Waals surface area contributed by atoms with Gasteiger partial charge in [-0.2, -0.15) is 0 Å². The van der Waals surface area contributed by atoms with Crippen LogP contribution >= 0.6 is 42.1 Å². The minimum atomic E-state index is -3.36. The molecule has 172 valence electrons. The molecular weight excluding hydrogens is 488 g/mol. The molecule has 1 fully saturated rings. The van der Waals surface area contributed by atoms with Gasteiger partial charge in [-0.05, 0) is 62.8 Å². The quantitative estimate of drug-likeness (QED) is 0.141. The Balaban J connectivity index is 0.000000690. The van der Waals surface area contributed by atoms with Gasteiger partial charge in [0.25, 0.3) is 6.64 Å². The summed E-state index contributed by atoms with van der Waals surface area (Å²) in [5.74, 6) is 0. The monoisotopic (exact) mass is 517 g/mol. The van der Waals surface area contributed by atoms with Gasteiger partial charge in [-0.15, -0.1) is 11.6 Å². The minimum absolute atomic E-state index is 0.0282. The van der Waals surface area contributed by atoms with E-state index in [4.69, 9.17) is 57.2 Å². The predicted molar refractivity (Wildman–Crippen MR) is 132 cm³/mol. The number of ether oxygens (including phenoxy) is 1. The van der Waals surface area contributed by atoms with Gasteiger partial charge in [0.15, 0.2) is 5.11 Å². The summed E-state index contributed by atoms with van der Waals surface area (Å²) in [6.07, 6.45) is 2.29. The van der Waals surface area contributed by atoms with E-state index in [-0.39, 0.29) is 18.3 Å². The average molecular weight is 518 g/mol. The molecular formula is C18H30Cl2N3O4PS2. The molecule has 0 aliphatic heterocycles. The van der Waals surface area contributed by atoms with Crippen molar-refractivity contribution in [2.45, 2.75) is 37.2 Å². The first-order valence-electron chi connectivity index (χ1n) is 8.98. The van der Waals surface area contributed by atoms with Crippen LogP contribution in [0.3, 0.4) is 0 Å². The van der Waals surface area contributed by atoms with Gasteiger partial charge in [-0.1, -0.05) is 29.8 Å². The Morgan fingerprint density at radius 3 is 2.23 bits per heavy atom. The van der Waals surface area contributed by atoms with Gasteiger partial charge < -0.3 is 24.6 Å². The summed E-state index contributed by atoms with van der Waals surface area (Å²) in [6, 6.07) is 9.44. The van der Waals surface area contributed by atoms with Crippen LogP contribution in [-0.4, -0.2) is 64.0 Å². The average Bonchev–Trinajstić information content (AvgIpc) is 3.42. The molecule has 2 unspecified atom stereocenters. The first-order valence-corrected chi connectivity index (χ1v) is 12.8. The van der Waals surface area contributed by atoms with E-state index in [2.05, 4.69) is 10.1 Å². The van der Waals surface area contributed by atoms with Crippen molar-refractivity contribution in [2.75, 3.05) is 27.4 Å².